The Morgan fingerprint density at radius 1 is 1.03 bits per heavy atom. The lowest BCUT2D eigenvalue weighted by Gasteiger charge is -2.34. The molecule has 0 bridgehead atoms. The van der Waals surface area contributed by atoms with Crippen LogP contribution in [0.1, 0.15) is 5.82 Å². The number of rotatable bonds is 7. The van der Waals surface area contributed by atoms with E-state index in [1.807, 2.05) is 52.1 Å². The van der Waals surface area contributed by atoms with Gasteiger partial charge in [0.15, 0.2) is 0 Å². The van der Waals surface area contributed by atoms with Gasteiger partial charge in [-0.25, -0.2) is 4.98 Å². The third-order valence-corrected chi connectivity index (χ3v) is 6.42. The number of imidazole rings is 1. The summed E-state index contributed by atoms with van der Waals surface area (Å²) in [5.41, 5.74) is 2.51. The standard InChI is InChI=1S/C23H26ClN5O2S/c1-32-16-21-25-19-8-4-5-9-20(19)29(21)15-23(31)28-12-10-27(11-13-28)14-22(30)26-18-7-3-2-6-17(18)24/h2-9H,10-16H2,1H3,(H,26,30). The predicted octanol–water partition coefficient (Wildman–Crippen LogP) is 3.34. The molecule has 1 aliphatic rings. The number of para-hydroxylation sites is 3. The highest BCUT2D eigenvalue weighted by atomic mass is 35.5. The first-order valence-electron chi connectivity index (χ1n) is 10.5. The van der Waals surface area contributed by atoms with E-state index in [0.717, 1.165) is 22.6 Å². The number of thioether (sulfide) groups is 1. The van der Waals surface area contributed by atoms with Gasteiger partial charge in [-0.3, -0.25) is 14.5 Å². The van der Waals surface area contributed by atoms with Crippen molar-refractivity contribution < 1.29 is 9.59 Å². The molecule has 4 rings (SSSR count). The summed E-state index contributed by atoms with van der Waals surface area (Å²) < 4.78 is 2.03. The van der Waals surface area contributed by atoms with Crippen LogP contribution in [0.4, 0.5) is 5.69 Å². The molecule has 2 heterocycles. The van der Waals surface area contributed by atoms with Gasteiger partial charge in [0.1, 0.15) is 12.4 Å². The Morgan fingerprint density at radius 3 is 2.50 bits per heavy atom. The number of nitrogens with one attached hydrogen (secondary N) is 1. The number of carbonyl (C=O) groups is 2. The predicted molar refractivity (Wildman–Crippen MR) is 130 cm³/mol. The quantitative estimate of drug-likeness (QED) is 0.572. The van der Waals surface area contributed by atoms with Crippen LogP contribution in [0.15, 0.2) is 48.5 Å². The van der Waals surface area contributed by atoms with Gasteiger partial charge in [0.05, 0.1) is 34.0 Å². The van der Waals surface area contributed by atoms with Crippen LogP contribution in [0.5, 0.6) is 0 Å². The molecule has 1 saturated heterocycles. The van der Waals surface area contributed by atoms with E-state index in [0.29, 0.717) is 36.9 Å². The molecule has 1 fully saturated rings. The lowest BCUT2D eigenvalue weighted by Crippen LogP contribution is -2.51. The zero-order valence-electron chi connectivity index (χ0n) is 18.0. The summed E-state index contributed by atoms with van der Waals surface area (Å²) in [4.78, 5) is 34.0. The van der Waals surface area contributed by atoms with Crippen LogP contribution in [-0.2, 0) is 21.9 Å². The first kappa shape index (κ1) is 22.6. The van der Waals surface area contributed by atoms with E-state index in [1.165, 1.54) is 0 Å². The topological polar surface area (TPSA) is 70.5 Å². The van der Waals surface area contributed by atoms with Crippen molar-refractivity contribution in [3.8, 4) is 0 Å². The van der Waals surface area contributed by atoms with Crippen molar-refractivity contribution in [3.63, 3.8) is 0 Å². The van der Waals surface area contributed by atoms with Crippen molar-refractivity contribution in [2.45, 2.75) is 12.3 Å². The fraction of sp³-hybridized carbons (Fsp3) is 0.348. The van der Waals surface area contributed by atoms with E-state index in [9.17, 15) is 9.59 Å². The summed E-state index contributed by atoms with van der Waals surface area (Å²) in [7, 11) is 0. The van der Waals surface area contributed by atoms with E-state index in [4.69, 9.17) is 16.6 Å². The Balaban J connectivity index is 1.32. The highest BCUT2D eigenvalue weighted by Crippen LogP contribution is 2.21. The summed E-state index contributed by atoms with van der Waals surface area (Å²) in [5, 5.41) is 3.37. The average Bonchev–Trinajstić information content (AvgIpc) is 3.13. The van der Waals surface area contributed by atoms with Gasteiger partial charge in [-0.15, -0.1) is 0 Å². The molecule has 0 aliphatic carbocycles. The lowest BCUT2D eigenvalue weighted by molar-refractivity contribution is -0.133. The zero-order chi connectivity index (χ0) is 22.5. The average molecular weight is 472 g/mol. The Labute approximate surface area is 196 Å². The second-order valence-corrected chi connectivity index (χ2v) is 8.99. The second-order valence-electron chi connectivity index (χ2n) is 7.72. The van der Waals surface area contributed by atoms with Crippen molar-refractivity contribution >= 4 is 51.9 Å². The van der Waals surface area contributed by atoms with Crippen molar-refractivity contribution in [1.29, 1.82) is 0 Å². The van der Waals surface area contributed by atoms with Crippen LogP contribution in [-0.4, -0.2) is 70.1 Å². The molecule has 168 valence electrons. The summed E-state index contributed by atoms with van der Waals surface area (Å²) >= 11 is 7.80. The smallest absolute Gasteiger partial charge is 0.242 e. The van der Waals surface area contributed by atoms with Gasteiger partial charge >= 0.3 is 0 Å². The third kappa shape index (κ3) is 5.26. The summed E-state index contributed by atoms with van der Waals surface area (Å²) in [5.74, 6) is 1.65. The number of halogens is 1. The third-order valence-electron chi connectivity index (χ3n) is 5.54. The molecule has 1 N–H and O–H groups in total. The number of benzene rings is 2. The number of amides is 2. The maximum absolute atomic E-state index is 13.0. The van der Waals surface area contributed by atoms with E-state index in [-0.39, 0.29) is 24.9 Å². The van der Waals surface area contributed by atoms with Crippen LogP contribution in [0.2, 0.25) is 5.02 Å². The molecule has 0 saturated carbocycles. The Bertz CT molecular complexity index is 1110. The maximum Gasteiger partial charge on any atom is 0.242 e. The second kappa shape index (κ2) is 10.4. The molecule has 0 spiro atoms. The van der Waals surface area contributed by atoms with Crippen LogP contribution in [0.3, 0.4) is 0 Å². The molecule has 2 aromatic carbocycles. The molecule has 3 aromatic rings. The van der Waals surface area contributed by atoms with E-state index < -0.39 is 0 Å². The van der Waals surface area contributed by atoms with Gasteiger partial charge in [0.25, 0.3) is 0 Å². The van der Waals surface area contributed by atoms with Gasteiger partial charge < -0.3 is 14.8 Å². The number of carbonyl (C=O) groups excluding carboxylic acids is 2. The molecule has 1 aromatic heterocycles. The molecule has 9 heteroatoms. The minimum Gasteiger partial charge on any atom is -0.339 e. The normalized spacial score (nSPS) is 14.6. The van der Waals surface area contributed by atoms with E-state index >= 15 is 0 Å². The van der Waals surface area contributed by atoms with Crippen molar-refractivity contribution in [3.05, 3.63) is 59.4 Å². The molecule has 0 unspecified atom stereocenters. The molecular weight excluding hydrogens is 446 g/mol. The van der Waals surface area contributed by atoms with E-state index in [2.05, 4.69) is 10.2 Å². The zero-order valence-corrected chi connectivity index (χ0v) is 19.5. The molecule has 2 amide bonds. The first-order valence-corrected chi connectivity index (χ1v) is 12.3. The molecule has 0 radical (unpaired) electrons. The summed E-state index contributed by atoms with van der Waals surface area (Å²) in [6.45, 7) is 3.07. The molecule has 32 heavy (non-hydrogen) atoms. The minimum absolute atomic E-state index is 0.0793. The number of anilines is 1. The highest BCUT2D eigenvalue weighted by Gasteiger charge is 2.24. The maximum atomic E-state index is 13.0. The van der Waals surface area contributed by atoms with Crippen LogP contribution in [0.25, 0.3) is 11.0 Å². The molecule has 1 aliphatic heterocycles. The van der Waals surface area contributed by atoms with Crippen LogP contribution in [0, 0.1) is 0 Å². The number of nitrogens with zero attached hydrogens (tertiary/aromatic N) is 4. The number of hydrogen-bond acceptors (Lipinski definition) is 5. The van der Waals surface area contributed by atoms with Gasteiger partial charge in [-0.05, 0) is 30.5 Å². The monoisotopic (exact) mass is 471 g/mol. The Morgan fingerprint density at radius 2 is 1.75 bits per heavy atom. The van der Waals surface area contributed by atoms with Crippen LogP contribution >= 0.6 is 23.4 Å². The number of hydrogen-bond donors (Lipinski definition) is 1. The Kier molecular flexibility index (Phi) is 7.34. The largest absolute Gasteiger partial charge is 0.339 e. The number of fused-ring (bicyclic) bond motifs is 1. The summed E-state index contributed by atoms with van der Waals surface area (Å²) in [6.07, 6.45) is 2.03. The molecular formula is C23H26ClN5O2S. The minimum atomic E-state index is -0.107. The van der Waals surface area contributed by atoms with Gasteiger partial charge in [0, 0.05) is 26.2 Å². The van der Waals surface area contributed by atoms with Crippen LogP contribution < -0.4 is 5.32 Å². The lowest BCUT2D eigenvalue weighted by atomic mass is 10.2. The number of aromatic nitrogens is 2. The molecule has 0 atom stereocenters. The van der Waals surface area contributed by atoms with Gasteiger partial charge in [-0.1, -0.05) is 35.9 Å². The van der Waals surface area contributed by atoms with E-state index in [1.54, 1.807) is 23.9 Å². The fourth-order valence-corrected chi connectivity index (χ4v) is 4.55. The van der Waals surface area contributed by atoms with Gasteiger partial charge in [0.2, 0.25) is 11.8 Å². The number of piperazine rings is 1. The van der Waals surface area contributed by atoms with Gasteiger partial charge in [-0.2, -0.15) is 11.8 Å². The summed E-state index contributed by atoms with van der Waals surface area (Å²) in [6, 6.07) is 15.1. The van der Waals surface area contributed by atoms with Crippen molar-refractivity contribution in [2.75, 3.05) is 44.3 Å². The Hall–Kier alpha value is -2.55. The fourth-order valence-electron chi connectivity index (χ4n) is 3.89. The van der Waals surface area contributed by atoms with Crippen molar-refractivity contribution in [2.24, 2.45) is 0 Å². The molecule has 7 nitrogen and oxygen atoms in total. The first-order chi connectivity index (χ1) is 15.5. The SMILES string of the molecule is CSCc1nc2ccccc2n1CC(=O)N1CCN(CC(=O)Nc2ccccc2Cl)CC1. The highest BCUT2D eigenvalue weighted by molar-refractivity contribution is 7.97. The van der Waals surface area contributed by atoms with Crippen molar-refractivity contribution in [1.82, 2.24) is 19.4 Å².